The number of carbonyl (C=O) groups is 1. The van der Waals surface area contributed by atoms with Gasteiger partial charge in [-0.05, 0) is 68.6 Å². The first-order chi connectivity index (χ1) is 15.7. The van der Waals surface area contributed by atoms with Crippen LogP contribution in [0.1, 0.15) is 54.1 Å². The van der Waals surface area contributed by atoms with Crippen molar-refractivity contribution in [2.45, 2.75) is 44.2 Å². The summed E-state index contributed by atoms with van der Waals surface area (Å²) in [5, 5.41) is 3.17. The lowest BCUT2D eigenvalue weighted by Crippen LogP contribution is -2.40. The summed E-state index contributed by atoms with van der Waals surface area (Å²) in [5.41, 5.74) is 1.76. The predicted molar refractivity (Wildman–Crippen MR) is 124 cm³/mol. The van der Waals surface area contributed by atoms with Crippen LogP contribution in [0.5, 0.6) is 11.5 Å². The van der Waals surface area contributed by atoms with Crippen molar-refractivity contribution in [2.75, 3.05) is 40.0 Å². The SMILES string of the molecule is COc1ccc(C(CNC(=O)c2ccccc2OCC2CCCO2)N2CCCCC2)cc1. The third-order valence-corrected chi connectivity index (χ3v) is 6.37. The second kappa shape index (κ2) is 11.3. The van der Waals surface area contributed by atoms with Crippen molar-refractivity contribution in [1.29, 1.82) is 0 Å². The maximum atomic E-state index is 13.1. The molecule has 2 aliphatic heterocycles. The molecule has 6 nitrogen and oxygen atoms in total. The Kier molecular flexibility index (Phi) is 8.02. The fourth-order valence-electron chi connectivity index (χ4n) is 4.54. The van der Waals surface area contributed by atoms with Crippen LogP contribution >= 0.6 is 0 Å². The van der Waals surface area contributed by atoms with E-state index in [1.165, 1.54) is 24.8 Å². The van der Waals surface area contributed by atoms with Crippen LogP contribution in [0.4, 0.5) is 0 Å². The van der Waals surface area contributed by atoms with Crippen LogP contribution in [0.25, 0.3) is 0 Å². The Morgan fingerprint density at radius 2 is 1.88 bits per heavy atom. The summed E-state index contributed by atoms with van der Waals surface area (Å²) in [6.07, 6.45) is 5.85. The van der Waals surface area contributed by atoms with Crippen LogP contribution in [-0.2, 0) is 4.74 Å². The van der Waals surface area contributed by atoms with Gasteiger partial charge >= 0.3 is 0 Å². The minimum Gasteiger partial charge on any atom is -0.497 e. The van der Waals surface area contributed by atoms with Crippen LogP contribution < -0.4 is 14.8 Å². The van der Waals surface area contributed by atoms with Crippen LogP contribution in [0.15, 0.2) is 48.5 Å². The third-order valence-electron chi connectivity index (χ3n) is 6.37. The van der Waals surface area contributed by atoms with Crippen LogP contribution in [-0.4, -0.2) is 56.9 Å². The standard InChI is InChI=1S/C26H34N2O4/c1-30-21-13-11-20(12-14-21)24(28-15-5-2-6-16-28)18-27-26(29)23-9-3-4-10-25(23)32-19-22-8-7-17-31-22/h3-4,9-14,22,24H,2,5-8,15-19H2,1H3,(H,27,29). The first kappa shape index (κ1) is 22.6. The summed E-state index contributed by atoms with van der Waals surface area (Å²) < 4.78 is 16.9. The van der Waals surface area contributed by atoms with Crippen molar-refractivity contribution in [1.82, 2.24) is 10.2 Å². The maximum absolute atomic E-state index is 13.1. The van der Waals surface area contributed by atoms with E-state index >= 15 is 0 Å². The summed E-state index contributed by atoms with van der Waals surface area (Å²) in [5.74, 6) is 1.34. The van der Waals surface area contributed by atoms with Crippen molar-refractivity contribution in [2.24, 2.45) is 0 Å². The second-order valence-electron chi connectivity index (χ2n) is 8.54. The van der Waals surface area contributed by atoms with Crippen molar-refractivity contribution < 1.29 is 19.0 Å². The Labute approximate surface area is 190 Å². The Bertz CT molecular complexity index is 858. The van der Waals surface area contributed by atoms with E-state index in [9.17, 15) is 4.79 Å². The van der Waals surface area contributed by atoms with E-state index in [1.54, 1.807) is 7.11 Å². The minimum atomic E-state index is -0.108. The van der Waals surface area contributed by atoms with Gasteiger partial charge in [0.2, 0.25) is 0 Å². The first-order valence-electron chi connectivity index (χ1n) is 11.7. The Balaban J connectivity index is 1.43. The highest BCUT2D eigenvalue weighted by molar-refractivity contribution is 5.96. The van der Waals surface area contributed by atoms with E-state index in [2.05, 4.69) is 22.3 Å². The van der Waals surface area contributed by atoms with Gasteiger partial charge in [-0.25, -0.2) is 0 Å². The molecule has 0 bridgehead atoms. The zero-order chi connectivity index (χ0) is 22.2. The fourth-order valence-corrected chi connectivity index (χ4v) is 4.54. The number of para-hydroxylation sites is 1. The van der Waals surface area contributed by atoms with Gasteiger partial charge in [0, 0.05) is 13.2 Å². The lowest BCUT2D eigenvalue weighted by molar-refractivity contribution is 0.0670. The number of likely N-dealkylation sites (tertiary alicyclic amines) is 1. The zero-order valence-electron chi connectivity index (χ0n) is 18.9. The average Bonchev–Trinajstić information content (AvgIpc) is 3.38. The van der Waals surface area contributed by atoms with Crippen LogP contribution in [0.2, 0.25) is 0 Å². The molecule has 2 aromatic rings. The van der Waals surface area contributed by atoms with Crippen molar-refractivity contribution >= 4 is 5.91 Å². The van der Waals surface area contributed by atoms with E-state index in [4.69, 9.17) is 14.2 Å². The molecule has 2 aromatic carbocycles. The number of nitrogens with zero attached hydrogens (tertiary/aromatic N) is 1. The molecule has 2 fully saturated rings. The molecule has 1 N–H and O–H groups in total. The molecular formula is C26H34N2O4. The van der Waals surface area contributed by atoms with Gasteiger partial charge in [-0.1, -0.05) is 30.7 Å². The van der Waals surface area contributed by atoms with Gasteiger partial charge in [0.05, 0.1) is 24.8 Å². The smallest absolute Gasteiger partial charge is 0.255 e. The Hall–Kier alpha value is -2.57. The number of methoxy groups -OCH3 is 1. The number of hydrogen-bond donors (Lipinski definition) is 1. The lowest BCUT2D eigenvalue weighted by Gasteiger charge is -2.35. The van der Waals surface area contributed by atoms with Gasteiger partial charge in [-0.3, -0.25) is 9.69 Å². The van der Waals surface area contributed by atoms with Gasteiger partial charge in [0.1, 0.15) is 18.1 Å². The van der Waals surface area contributed by atoms with Gasteiger partial charge in [0.15, 0.2) is 0 Å². The summed E-state index contributed by atoms with van der Waals surface area (Å²) in [4.78, 5) is 15.6. The Morgan fingerprint density at radius 3 is 2.59 bits per heavy atom. The quantitative estimate of drug-likeness (QED) is 0.636. The zero-order valence-corrected chi connectivity index (χ0v) is 18.9. The molecule has 32 heavy (non-hydrogen) atoms. The topological polar surface area (TPSA) is 60.0 Å². The number of hydrogen-bond acceptors (Lipinski definition) is 5. The molecule has 2 heterocycles. The maximum Gasteiger partial charge on any atom is 0.255 e. The molecule has 2 saturated heterocycles. The number of piperidine rings is 1. The Morgan fingerprint density at radius 1 is 1.09 bits per heavy atom. The lowest BCUT2D eigenvalue weighted by atomic mass is 10.0. The van der Waals surface area contributed by atoms with Crippen LogP contribution in [0.3, 0.4) is 0 Å². The number of benzene rings is 2. The van der Waals surface area contributed by atoms with E-state index in [1.807, 2.05) is 36.4 Å². The number of rotatable bonds is 9. The summed E-state index contributed by atoms with van der Waals surface area (Å²) in [7, 11) is 1.68. The average molecular weight is 439 g/mol. The number of carbonyl (C=O) groups excluding carboxylic acids is 1. The molecule has 4 rings (SSSR count). The number of ether oxygens (including phenoxy) is 3. The molecule has 0 spiro atoms. The van der Waals surface area contributed by atoms with E-state index < -0.39 is 0 Å². The van der Waals surface area contributed by atoms with Gasteiger partial charge in [-0.15, -0.1) is 0 Å². The van der Waals surface area contributed by atoms with Crippen molar-refractivity contribution in [3.8, 4) is 11.5 Å². The van der Waals surface area contributed by atoms with E-state index in [0.29, 0.717) is 24.5 Å². The molecule has 0 aliphatic carbocycles. The molecule has 6 heteroatoms. The number of amides is 1. The van der Waals surface area contributed by atoms with Crippen molar-refractivity contribution in [3.05, 3.63) is 59.7 Å². The first-order valence-corrected chi connectivity index (χ1v) is 11.7. The van der Waals surface area contributed by atoms with Gasteiger partial charge < -0.3 is 19.5 Å². The largest absolute Gasteiger partial charge is 0.497 e. The number of nitrogens with one attached hydrogen (secondary N) is 1. The molecule has 2 atom stereocenters. The summed E-state index contributed by atoms with van der Waals surface area (Å²) in [6.45, 7) is 3.92. The normalized spacial score (nSPS) is 20.0. The monoisotopic (exact) mass is 438 g/mol. The van der Waals surface area contributed by atoms with Crippen LogP contribution in [0, 0.1) is 0 Å². The van der Waals surface area contributed by atoms with E-state index in [0.717, 1.165) is 38.3 Å². The molecule has 0 aromatic heterocycles. The molecular weight excluding hydrogens is 404 g/mol. The molecule has 0 radical (unpaired) electrons. The fraction of sp³-hybridized carbons (Fsp3) is 0.500. The second-order valence-corrected chi connectivity index (χ2v) is 8.54. The third kappa shape index (κ3) is 5.81. The molecule has 0 saturated carbocycles. The minimum absolute atomic E-state index is 0.108. The highest BCUT2D eigenvalue weighted by Crippen LogP contribution is 2.26. The van der Waals surface area contributed by atoms with Gasteiger partial charge in [0.25, 0.3) is 5.91 Å². The molecule has 2 unspecified atom stereocenters. The van der Waals surface area contributed by atoms with E-state index in [-0.39, 0.29) is 18.1 Å². The molecule has 1 amide bonds. The van der Waals surface area contributed by atoms with Crippen molar-refractivity contribution in [3.63, 3.8) is 0 Å². The molecule has 2 aliphatic rings. The summed E-state index contributed by atoms with van der Waals surface area (Å²) in [6, 6.07) is 15.8. The highest BCUT2D eigenvalue weighted by Gasteiger charge is 2.24. The van der Waals surface area contributed by atoms with Gasteiger partial charge in [-0.2, -0.15) is 0 Å². The highest BCUT2D eigenvalue weighted by atomic mass is 16.5. The summed E-state index contributed by atoms with van der Waals surface area (Å²) >= 11 is 0. The molecule has 172 valence electrons. The predicted octanol–water partition coefficient (Wildman–Crippen LogP) is 4.21.